The monoisotopic (exact) mass is 284 g/mol. The average Bonchev–Trinajstić information content (AvgIpc) is 2.35. The number of β-amino-alcohol motifs (C(OH)–C–C–N with tert-alkyl or cyclic N) is 1. The maximum atomic E-state index is 13.0. The SMILES string of the molecule is O=C(CN1CCCC(O)C1)NCc1cc(F)cc(F)c1. The second-order valence-corrected chi connectivity index (χ2v) is 5.09. The summed E-state index contributed by atoms with van der Waals surface area (Å²) in [4.78, 5) is 13.6. The molecule has 0 radical (unpaired) electrons. The summed E-state index contributed by atoms with van der Waals surface area (Å²) in [5.41, 5.74) is 0.384. The van der Waals surface area contributed by atoms with Crippen LogP contribution in [0.3, 0.4) is 0 Å². The van der Waals surface area contributed by atoms with E-state index in [4.69, 9.17) is 0 Å². The van der Waals surface area contributed by atoms with Crippen LogP contribution in [0.1, 0.15) is 18.4 Å². The first-order valence-electron chi connectivity index (χ1n) is 6.65. The number of nitrogens with zero attached hydrogens (tertiary/aromatic N) is 1. The molecule has 1 atom stereocenters. The van der Waals surface area contributed by atoms with Crippen molar-refractivity contribution in [1.29, 1.82) is 0 Å². The molecule has 2 N–H and O–H groups in total. The lowest BCUT2D eigenvalue weighted by molar-refractivity contribution is -0.123. The van der Waals surface area contributed by atoms with Gasteiger partial charge in [-0.25, -0.2) is 8.78 Å². The van der Waals surface area contributed by atoms with E-state index in [2.05, 4.69) is 5.32 Å². The summed E-state index contributed by atoms with van der Waals surface area (Å²) in [7, 11) is 0. The van der Waals surface area contributed by atoms with Gasteiger partial charge in [0.15, 0.2) is 0 Å². The highest BCUT2D eigenvalue weighted by molar-refractivity contribution is 5.78. The van der Waals surface area contributed by atoms with Crippen LogP contribution in [0.25, 0.3) is 0 Å². The molecule has 4 nitrogen and oxygen atoms in total. The third-order valence-electron chi connectivity index (χ3n) is 3.26. The Labute approximate surface area is 116 Å². The van der Waals surface area contributed by atoms with Crippen LogP contribution in [0.5, 0.6) is 0 Å². The van der Waals surface area contributed by atoms with Gasteiger partial charge >= 0.3 is 0 Å². The second kappa shape index (κ2) is 6.76. The van der Waals surface area contributed by atoms with Crippen molar-refractivity contribution in [3.05, 3.63) is 35.4 Å². The number of halogens is 2. The highest BCUT2D eigenvalue weighted by Crippen LogP contribution is 2.10. The van der Waals surface area contributed by atoms with Crippen LogP contribution in [-0.2, 0) is 11.3 Å². The molecule has 0 spiro atoms. The van der Waals surface area contributed by atoms with Crippen LogP contribution >= 0.6 is 0 Å². The molecule has 1 aromatic rings. The third kappa shape index (κ3) is 4.54. The Balaban J connectivity index is 1.79. The van der Waals surface area contributed by atoms with Crippen molar-refractivity contribution in [1.82, 2.24) is 10.2 Å². The fourth-order valence-corrected chi connectivity index (χ4v) is 2.35. The van der Waals surface area contributed by atoms with Gasteiger partial charge < -0.3 is 10.4 Å². The summed E-state index contributed by atoms with van der Waals surface area (Å²) in [6.45, 7) is 1.54. The molecule has 1 fully saturated rings. The van der Waals surface area contributed by atoms with Gasteiger partial charge in [0.1, 0.15) is 11.6 Å². The number of likely N-dealkylation sites (tertiary alicyclic amines) is 1. The van der Waals surface area contributed by atoms with Gasteiger partial charge in [0.2, 0.25) is 5.91 Å². The molecule has 110 valence electrons. The molecule has 20 heavy (non-hydrogen) atoms. The molecule has 1 amide bonds. The number of benzene rings is 1. The first-order chi connectivity index (χ1) is 9.52. The summed E-state index contributed by atoms with van der Waals surface area (Å²) < 4.78 is 26.0. The number of aliphatic hydroxyl groups excluding tert-OH is 1. The zero-order valence-electron chi connectivity index (χ0n) is 11.1. The van der Waals surface area contributed by atoms with Gasteiger partial charge in [-0.1, -0.05) is 0 Å². The first kappa shape index (κ1) is 14.9. The number of aliphatic hydroxyl groups is 1. The quantitative estimate of drug-likeness (QED) is 0.868. The molecular formula is C14H18F2N2O2. The van der Waals surface area contributed by atoms with Gasteiger partial charge in [-0.2, -0.15) is 0 Å². The first-order valence-corrected chi connectivity index (χ1v) is 6.65. The van der Waals surface area contributed by atoms with E-state index in [0.29, 0.717) is 12.1 Å². The summed E-state index contributed by atoms with van der Waals surface area (Å²) in [5, 5.41) is 12.1. The van der Waals surface area contributed by atoms with Gasteiger partial charge in [-0.3, -0.25) is 9.69 Å². The number of carbonyl (C=O) groups is 1. The van der Waals surface area contributed by atoms with Gasteiger partial charge in [0, 0.05) is 19.2 Å². The van der Waals surface area contributed by atoms with Crippen molar-refractivity contribution < 1.29 is 18.7 Å². The van der Waals surface area contributed by atoms with Crippen LogP contribution < -0.4 is 5.32 Å². The lowest BCUT2D eigenvalue weighted by Crippen LogP contribution is -2.44. The van der Waals surface area contributed by atoms with Crippen molar-refractivity contribution >= 4 is 5.91 Å². The predicted molar refractivity (Wildman–Crippen MR) is 69.9 cm³/mol. The number of nitrogens with one attached hydrogen (secondary N) is 1. The van der Waals surface area contributed by atoms with E-state index in [1.54, 1.807) is 0 Å². The zero-order valence-corrected chi connectivity index (χ0v) is 11.1. The number of hydrogen-bond acceptors (Lipinski definition) is 3. The molecular weight excluding hydrogens is 266 g/mol. The molecule has 0 bridgehead atoms. The number of carbonyl (C=O) groups excluding carboxylic acids is 1. The fraction of sp³-hybridized carbons (Fsp3) is 0.500. The summed E-state index contributed by atoms with van der Waals surface area (Å²) >= 11 is 0. The predicted octanol–water partition coefficient (Wildman–Crippen LogP) is 1.04. The molecule has 6 heteroatoms. The van der Waals surface area contributed by atoms with Gasteiger partial charge in [0.05, 0.1) is 12.6 Å². The molecule has 1 saturated heterocycles. The van der Waals surface area contributed by atoms with Crippen molar-refractivity contribution in [3.63, 3.8) is 0 Å². The van der Waals surface area contributed by atoms with E-state index in [-0.39, 0.29) is 25.1 Å². The highest BCUT2D eigenvalue weighted by atomic mass is 19.1. The zero-order chi connectivity index (χ0) is 14.5. The van der Waals surface area contributed by atoms with Gasteiger partial charge in [-0.15, -0.1) is 0 Å². The Morgan fingerprint density at radius 1 is 1.35 bits per heavy atom. The van der Waals surface area contributed by atoms with E-state index in [1.807, 2.05) is 4.90 Å². The molecule has 0 aromatic heterocycles. The van der Waals surface area contributed by atoms with E-state index >= 15 is 0 Å². The minimum Gasteiger partial charge on any atom is -0.392 e. The number of rotatable bonds is 4. The normalized spacial score (nSPS) is 19.9. The van der Waals surface area contributed by atoms with E-state index in [1.165, 1.54) is 12.1 Å². The molecule has 2 rings (SSSR count). The Hall–Kier alpha value is -1.53. The smallest absolute Gasteiger partial charge is 0.234 e. The number of hydrogen-bond donors (Lipinski definition) is 2. The average molecular weight is 284 g/mol. The standard InChI is InChI=1S/C14H18F2N2O2/c15-11-4-10(5-12(16)6-11)7-17-14(20)9-18-3-1-2-13(19)8-18/h4-6,13,19H,1-3,7-9H2,(H,17,20). The summed E-state index contributed by atoms with van der Waals surface area (Å²) in [5.74, 6) is -1.54. The van der Waals surface area contributed by atoms with Crippen LogP contribution in [0.2, 0.25) is 0 Å². The van der Waals surface area contributed by atoms with Crippen molar-refractivity contribution in [2.24, 2.45) is 0 Å². The Bertz CT molecular complexity index is 462. The molecule has 1 aliphatic rings. The lowest BCUT2D eigenvalue weighted by Gasteiger charge is -2.29. The van der Waals surface area contributed by atoms with Crippen LogP contribution in [0.4, 0.5) is 8.78 Å². The van der Waals surface area contributed by atoms with Crippen molar-refractivity contribution in [2.75, 3.05) is 19.6 Å². The van der Waals surface area contributed by atoms with E-state index in [0.717, 1.165) is 25.5 Å². The van der Waals surface area contributed by atoms with Crippen LogP contribution in [0.15, 0.2) is 18.2 Å². The maximum absolute atomic E-state index is 13.0. The molecule has 1 heterocycles. The van der Waals surface area contributed by atoms with Crippen LogP contribution in [-0.4, -0.2) is 41.7 Å². The molecule has 0 saturated carbocycles. The third-order valence-corrected chi connectivity index (χ3v) is 3.26. The summed E-state index contributed by atoms with van der Waals surface area (Å²) in [6, 6.07) is 3.17. The van der Waals surface area contributed by atoms with Crippen LogP contribution in [0, 0.1) is 11.6 Å². The fourth-order valence-electron chi connectivity index (χ4n) is 2.35. The number of piperidine rings is 1. The Morgan fingerprint density at radius 3 is 2.70 bits per heavy atom. The molecule has 1 unspecified atom stereocenters. The molecule has 0 aliphatic carbocycles. The maximum Gasteiger partial charge on any atom is 0.234 e. The number of amides is 1. The van der Waals surface area contributed by atoms with E-state index < -0.39 is 11.6 Å². The summed E-state index contributed by atoms with van der Waals surface area (Å²) in [6.07, 6.45) is 1.25. The molecule has 1 aliphatic heterocycles. The minimum atomic E-state index is -0.659. The Kier molecular flexibility index (Phi) is 5.03. The van der Waals surface area contributed by atoms with Gasteiger partial charge in [0.25, 0.3) is 0 Å². The van der Waals surface area contributed by atoms with Crippen molar-refractivity contribution in [3.8, 4) is 0 Å². The second-order valence-electron chi connectivity index (χ2n) is 5.09. The highest BCUT2D eigenvalue weighted by Gasteiger charge is 2.19. The van der Waals surface area contributed by atoms with E-state index in [9.17, 15) is 18.7 Å². The Morgan fingerprint density at radius 2 is 2.05 bits per heavy atom. The van der Waals surface area contributed by atoms with Crippen molar-refractivity contribution in [2.45, 2.75) is 25.5 Å². The largest absolute Gasteiger partial charge is 0.392 e. The minimum absolute atomic E-state index is 0.0872. The van der Waals surface area contributed by atoms with Gasteiger partial charge in [-0.05, 0) is 37.1 Å². The topological polar surface area (TPSA) is 52.6 Å². The molecule has 1 aromatic carbocycles. The lowest BCUT2D eigenvalue weighted by atomic mass is 10.1.